The van der Waals surface area contributed by atoms with Gasteiger partial charge < -0.3 is 9.47 Å². The van der Waals surface area contributed by atoms with E-state index in [-0.39, 0.29) is 11.4 Å². The van der Waals surface area contributed by atoms with Gasteiger partial charge in [-0.25, -0.2) is 19.4 Å². The summed E-state index contributed by atoms with van der Waals surface area (Å²) in [6.07, 6.45) is 4.58. The molecule has 2 heterocycles. The van der Waals surface area contributed by atoms with Crippen LogP contribution in [-0.4, -0.2) is 49.8 Å². The normalized spacial score (nSPS) is 33.5. The van der Waals surface area contributed by atoms with Gasteiger partial charge in [0.2, 0.25) is 0 Å². The van der Waals surface area contributed by atoms with Gasteiger partial charge in [0, 0.05) is 0 Å². The molecule has 2 aliphatic heterocycles. The van der Waals surface area contributed by atoms with Gasteiger partial charge in [0.05, 0.1) is 26.1 Å². The van der Waals surface area contributed by atoms with E-state index in [0.717, 1.165) is 31.3 Å². The first-order chi connectivity index (χ1) is 12.2. The van der Waals surface area contributed by atoms with Gasteiger partial charge in [0.1, 0.15) is 12.2 Å². The number of esters is 2. The molecule has 25 heavy (non-hydrogen) atoms. The van der Waals surface area contributed by atoms with Gasteiger partial charge in [0.15, 0.2) is 11.4 Å². The summed E-state index contributed by atoms with van der Waals surface area (Å²) in [6.45, 7) is 0. The lowest BCUT2D eigenvalue weighted by atomic mass is 9.84. The fourth-order valence-electron chi connectivity index (χ4n) is 4.37. The van der Waals surface area contributed by atoms with Crippen molar-refractivity contribution in [2.75, 3.05) is 14.2 Å². The van der Waals surface area contributed by atoms with Crippen molar-refractivity contribution in [2.45, 2.75) is 44.3 Å². The topological polar surface area (TPSA) is 95.8 Å². The molecule has 8 heteroatoms. The largest absolute Gasteiger partial charge is 0.464 e. The van der Waals surface area contributed by atoms with E-state index in [1.165, 1.54) is 26.2 Å². The van der Waals surface area contributed by atoms with Crippen molar-refractivity contribution in [3.63, 3.8) is 0 Å². The number of fused-ring (bicyclic) bond motifs is 5. The van der Waals surface area contributed by atoms with E-state index < -0.39 is 36.0 Å². The summed E-state index contributed by atoms with van der Waals surface area (Å²) in [6, 6.07) is 0. The zero-order valence-electron chi connectivity index (χ0n) is 14.2. The Morgan fingerprint density at radius 3 is 1.80 bits per heavy atom. The van der Waals surface area contributed by atoms with Crippen molar-refractivity contribution in [1.82, 2.24) is 0 Å². The van der Waals surface area contributed by atoms with E-state index >= 15 is 0 Å². The van der Waals surface area contributed by atoms with Crippen molar-refractivity contribution in [3.8, 4) is 0 Å². The third-order valence-electron chi connectivity index (χ3n) is 5.47. The predicted octanol–water partition coefficient (Wildman–Crippen LogP) is 1.35. The zero-order chi connectivity index (χ0) is 17.6. The Kier molecular flexibility index (Phi) is 4.16. The number of rotatable bonds is 2. The van der Waals surface area contributed by atoms with Crippen LogP contribution in [0.3, 0.4) is 0 Å². The molecule has 0 radical (unpaired) electrons. The molecule has 0 aromatic rings. The lowest BCUT2D eigenvalue weighted by Crippen LogP contribution is -2.47. The quantitative estimate of drug-likeness (QED) is 0.425. The average Bonchev–Trinajstić information content (AvgIpc) is 3.24. The van der Waals surface area contributed by atoms with Gasteiger partial charge in [-0.2, -0.15) is 0 Å². The molecule has 2 bridgehead atoms. The zero-order valence-corrected chi connectivity index (χ0v) is 14.2. The Bertz CT molecular complexity index is 654. The maximum atomic E-state index is 12.2. The second kappa shape index (κ2) is 6.34. The Morgan fingerprint density at radius 1 is 0.880 bits per heavy atom. The van der Waals surface area contributed by atoms with E-state index in [0.29, 0.717) is 0 Å². The van der Waals surface area contributed by atoms with Crippen LogP contribution in [0.5, 0.6) is 0 Å². The van der Waals surface area contributed by atoms with Crippen molar-refractivity contribution < 1.29 is 28.8 Å². The number of allylic oxidation sites excluding steroid dienone is 1. The summed E-state index contributed by atoms with van der Waals surface area (Å²) in [4.78, 5) is 35.4. The fourth-order valence-corrected chi connectivity index (χ4v) is 4.37. The second-order valence-corrected chi connectivity index (χ2v) is 6.66. The molecule has 0 N–H and O–H groups in total. The van der Waals surface area contributed by atoms with Gasteiger partial charge in [-0.1, -0.05) is 12.0 Å². The number of hydrogen-bond acceptors (Lipinski definition) is 8. The van der Waals surface area contributed by atoms with Crippen LogP contribution < -0.4 is 0 Å². The van der Waals surface area contributed by atoms with Crippen LogP contribution in [0.25, 0.3) is 0 Å². The van der Waals surface area contributed by atoms with Gasteiger partial charge in [-0.15, -0.1) is 10.2 Å². The van der Waals surface area contributed by atoms with Crippen molar-refractivity contribution in [1.29, 1.82) is 0 Å². The number of nitrogens with zero attached hydrogens (tertiary/aromatic N) is 2. The summed E-state index contributed by atoms with van der Waals surface area (Å²) in [5.74, 6) is -2.01. The summed E-state index contributed by atoms with van der Waals surface area (Å²) in [5, 5.41) is 7.93. The fraction of sp³-hybridized carbons (Fsp3) is 0.647. The molecule has 2 aliphatic carbocycles. The summed E-state index contributed by atoms with van der Waals surface area (Å²) < 4.78 is 9.68. The molecule has 0 aromatic heterocycles. The van der Waals surface area contributed by atoms with Gasteiger partial charge in [0.25, 0.3) is 0 Å². The van der Waals surface area contributed by atoms with E-state index in [1.54, 1.807) is 0 Å². The molecule has 134 valence electrons. The standard InChI is InChI=1S/C17H20N2O6/c1-22-16(20)12-10-11(13(19-18-12)17(21)23-2)15-9(14(10)24-25-15)8-6-4-3-5-7-8/h10-11,14-15H,3-7H2,1-2H3. The van der Waals surface area contributed by atoms with Crippen molar-refractivity contribution >= 4 is 23.4 Å². The SMILES string of the molecule is COC(=O)C1=NN=C(C(=O)OC)C2C3OOC(C3=C3CCCCC3)C12. The lowest BCUT2D eigenvalue weighted by Gasteiger charge is -2.30. The molecule has 4 rings (SSSR count). The first-order valence-electron chi connectivity index (χ1n) is 8.53. The van der Waals surface area contributed by atoms with Crippen LogP contribution in [0, 0.1) is 11.8 Å². The summed E-state index contributed by atoms with van der Waals surface area (Å²) in [7, 11) is 2.59. The van der Waals surface area contributed by atoms with E-state index in [9.17, 15) is 9.59 Å². The number of carbonyl (C=O) groups is 2. The molecule has 4 unspecified atom stereocenters. The van der Waals surface area contributed by atoms with Crippen LogP contribution in [-0.2, 0) is 28.8 Å². The highest BCUT2D eigenvalue weighted by molar-refractivity contribution is 6.43. The van der Waals surface area contributed by atoms with Crippen molar-refractivity contribution in [3.05, 3.63) is 11.1 Å². The number of ether oxygens (including phenoxy) is 2. The first-order valence-corrected chi connectivity index (χ1v) is 8.53. The Labute approximate surface area is 144 Å². The molecular weight excluding hydrogens is 328 g/mol. The number of methoxy groups -OCH3 is 2. The number of hydrogen-bond donors (Lipinski definition) is 0. The average molecular weight is 348 g/mol. The van der Waals surface area contributed by atoms with E-state index in [2.05, 4.69) is 10.2 Å². The van der Waals surface area contributed by atoms with Gasteiger partial charge in [-0.05, 0) is 31.3 Å². The van der Waals surface area contributed by atoms with Gasteiger partial charge in [-0.3, -0.25) is 0 Å². The molecular formula is C17H20N2O6. The molecule has 0 spiro atoms. The molecule has 4 atom stereocenters. The van der Waals surface area contributed by atoms with E-state index in [1.807, 2.05) is 0 Å². The molecule has 8 nitrogen and oxygen atoms in total. The van der Waals surface area contributed by atoms with Crippen LogP contribution in [0.4, 0.5) is 0 Å². The lowest BCUT2D eigenvalue weighted by molar-refractivity contribution is -0.328. The minimum Gasteiger partial charge on any atom is -0.464 e. The Hall–Kier alpha value is -2.06. The summed E-state index contributed by atoms with van der Waals surface area (Å²) in [5.41, 5.74) is 2.70. The minimum atomic E-state index is -0.563. The van der Waals surface area contributed by atoms with Crippen LogP contribution in [0.2, 0.25) is 0 Å². The van der Waals surface area contributed by atoms with Crippen LogP contribution >= 0.6 is 0 Å². The summed E-state index contributed by atoms with van der Waals surface area (Å²) >= 11 is 0. The molecule has 1 saturated heterocycles. The Morgan fingerprint density at radius 2 is 1.36 bits per heavy atom. The first kappa shape index (κ1) is 16.4. The van der Waals surface area contributed by atoms with Crippen LogP contribution in [0.15, 0.2) is 21.3 Å². The van der Waals surface area contributed by atoms with Gasteiger partial charge >= 0.3 is 11.9 Å². The van der Waals surface area contributed by atoms with E-state index in [4.69, 9.17) is 19.2 Å². The minimum absolute atomic E-state index is 0.171. The second-order valence-electron chi connectivity index (χ2n) is 6.66. The van der Waals surface area contributed by atoms with Crippen LogP contribution in [0.1, 0.15) is 32.1 Å². The Balaban J connectivity index is 1.80. The highest BCUT2D eigenvalue weighted by Crippen LogP contribution is 2.51. The number of carbonyl (C=O) groups excluding carboxylic acids is 2. The molecule has 0 amide bonds. The monoisotopic (exact) mass is 348 g/mol. The maximum Gasteiger partial charge on any atom is 0.354 e. The highest BCUT2D eigenvalue weighted by Gasteiger charge is 2.62. The maximum absolute atomic E-state index is 12.2. The third-order valence-corrected chi connectivity index (χ3v) is 5.47. The third kappa shape index (κ3) is 2.43. The predicted molar refractivity (Wildman–Crippen MR) is 85.7 cm³/mol. The molecule has 3 fully saturated rings. The highest BCUT2D eigenvalue weighted by atomic mass is 17.2. The molecule has 2 saturated carbocycles. The smallest absolute Gasteiger partial charge is 0.354 e. The van der Waals surface area contributed by atoms with Crippen molar-refractivity contribution in [2.24, 2.45) is 22.0 Å². The molecule has 4 aliphatic rings. The molecule has 0 aromatic carbocycles.